The number of carbonyl (C=O) groups excluding carboxylic acids is 1. The molecule has 0 saturated carbocycles. The number of rotatable bonds is 3. The first kappa shape index (κ1) is 23.4. The van der Waals surface area contributed by atoms with Crippen LogP contribution in [0.2, 0.25) is 0 Å². The second kappa shape index (κ2) is 9.81. The number of nitrogens with one attached hydrogen (secondary N) is 1. The summed E-state index contributed by atoms with van der Waals surface area (Å²) in [6.07, 6.45) is 9.17. The van der Waals surface area contributed by atoms with E-state index in [1.165, 1.54) is 11.1 Å². The number of imidazole rings is 1. The molecule has 1 atom stereocenters. The van der Waals surface area contributed by atoms with E-state index in [0.717, 1.165) is 67.2 Å². The standard InChI is InChI=1S/C30H30N6O/c1-21-3-7-25(18-22(21)4-8-26-19-32-29-20-31-11-12-36(26)29)33-30(37)24-5-9-27-23(17-24)6-10-28(27)35-15-13-34(2)14-16-35/h3,5,7,9,11-12,17-20,28H,6,10,13-16H2,1-2H3,(H,33,37)/t28-/m1/s1. The van der Waals surface area contributed by atoms with E-state index in [0.29, 0.717) is 11.6 Å². The molecule has 3 heterocycles. The van der Waals surface area contributed by atoms with Crippen LogP contribution in [0, 0.1) is 18.8 Å². The van der Waals surface area contributed by atoms with Crippen LogP contribution < -0.4 is 5.32 Å². The molecule has 1 N–H and O–H groups in total. The van der Waals surface area contributed by atoms with E-state index in [4.69, 9.17) is 0 Å². The number of hydrogen-bond acceptors (Lipinski definition) is 5. The van der Waals surface area contributed by atoms with Gasteiger partial charge in [-0.05, 0) is 73.7 Å². The van der Waals surface area contributed by atoms with E-state index in [1.54, 1.807) is 18.6 Å². The number of benzene rings is 2. The molecule has 1 fully saturated rings. The molecule has 7 heteroatoms. The smallest absolute Gasteiger partial charge is 0.255 e. The maximum atomic E-state index is 13.1. The van der Waals surface area contributed by atoms with Crippen molar-refractivity contribution in [2.75, 3.05) is 38.5 Å². The Kier molecular flexibility index (Phi) is 6.21. The van der Waals surface area contributed by atoms with Crippen LogP contribution in [-0.4, -0.2) is 63.3 Å². The molecule has 1 amide bonds. The molecular formula is C30H30N6O. The van der Waals surface area contributed by atoms with Gasteiger partial charge in [0.1, 0.15) is 5.69 Å². The number of likely N-dealkylation sites (N-methyl/N-ethyl adjacent to an activating group) is 1. The molecule has 2 aromatic carbocycles. The van der Waals surface area contributed by atoms with E-state index >= 15 is 0 Å². The number of hydrogen-bond donors (Lipinski definition) is 1. The van der Waals surface area contributed by atoms with Crippen molar-refractivity contribution in [2.24, 2.45) is 0 Å². The lowest BCUT2D eigenvalue weighted by Gasteiger charge is -2.36. The zero-order valence-corrected chi connectivity index (χ0v) is 21.2. The number of nitrogens with zero attached hydrogens (tertiary/aromatic N) is 5. The highest BCUT2D eigenvalue weighted by molar-refractivity contribution is 6.04. The zero-order chi connectivity index (χ0) is 25.4. The lowest BCUT2D eigenvalue weighted by molar-refractivity contribution is 0.102. The molecular weight excluding hydrogens is 460 g/mol. The molecule has 0 spiro atoms. The normalized spacial score (nSPS) is 17.8. The van der Waals surface area contributed by atoms with Crippen LogP contribution in [0.3, 0.4) is 0 Å². The Hall–Kier alpha value is -3.99. The van der Waals surface area contributed by atoms with Crippen LogP contribution in [0.5, 0.6) is 0 Å². The fourth-order valence-corrected chi connectivity index (χ4v) is 5.35. The average Bonchev–Trinajstić information content (AvgIpc) is 3.53. The first-order chi connectivity index (χ1) is 18.0. The first-order valence-corrected chi connectivity index (χ1v) is 12.8. The van der Waals surface area contributed by atoms with E-state index in [-0.39, 0.29) is 5.91 Å². The second-order valence-electron chi connectivity index (χ2n) is 9.99. The fourth-order valence-electron chi connectivity index (χ4n) is 5.35. The van der Waals surface area contributed by atoms with Crippen molar-refractivity contribution in [3.8, 4) is 11.8 Å². The molecule has 2 aliphatic rings. The summed E-state index contributed by atoms with van der Waals surface area (Å²) in [5, 5.41) is 3.07. The highest BCUT2D eigenvalue weighted by Gasteiger charge is 2.30. The second-order valence-corrected chi connectivity index (χ2v) is 9.99. The van der Waals surface area contributed by atoms with Gasteiger partial charge < -0.3 is 10.2 Å². The predicted octanol–water partition coefficient (Wildman–Crippen LogP) is 3.92. The number of amides is 1. The first-order valence-electron chi connectivity index (χ1n) is 12.8. The molecule has 2 aromatic heterocycles. The number of aryl methyl sites for hydroxylation is 2. The maximum absolute atomic E-state index is 13.1. The summed E-state index contributed by atoms with van der Waals surface area (Å²) in [6.45, 7) is 6.47. The molecule has 186 valence electrons. The summed E-state index contributed by atoms with van der Waals surface area (Å²) in [4.78, 5) is 26.6. The largest absolute Gasteiger partial charge is 0.322 e. The molecule has 1 aliphatic carbocycles. The Labute approximate surface area is 217 Å². The van der Waals surface area contributed by atoms with Gasteiger partial charge in [-0.1, -0.05) is 18.1 Å². The van der Waals surface area contributed by atoms with Crippen molar-refractivity contribution in [1.29, 1.82) is 0 Å². The predicted molar refractivity (Wildman–Crippen MR) is 145 cm³/mol. The summed E-state index contributed by atoms with van der Waals surface area (Å²) >= 11 is 0. The van der Waals surface area contributed by atoms with Crippen LogP contribution in [-0.2, 0) is 6.42 Å². The van der Waals surface area contributed by atoms with Gasteiger partial charge in [-0.3, -0.25) is 19.1 Å². The lowest BCUT2D eigenvalue weighted by Crippen LogP contribution is -2.45. The molecule has 37 heavy (non-hydrogen) atoms. The Morgan fingerprint density at radius 1 is 1.05 bits per heavy atom. The van der Waals surface area contributed by atoms with Crippen LogP contribution in [0.15, 0.2) is 61.2 Å². The topological polar surface area (TPSA) is 65.8 Å². The van der Waals surface area contributed by atoms with Gasteiger partial charge in [0, 0.05) is 61.4 Å². The van der Waals surface area contributed by atoms with E-state index in [2.05, 4.69) is 56.1 Å². The highest BCUT2D eigenvalue weighted by Crippen LogP contribution is 2.36. The number of aromatic nitrogens is 3. The van der Waals surface area contributed by atoms with Crippen molar-refractivity contribution in [2.45, 2.75) is 25.8 Å². The Morgan fingerprint density at radius 3 is 2.78 bits per heavy atom. The summed E-state index contributed by atoms with van der Waals surface area (Å²) in [7, 11) is 2.19. The third-order valence-corrected chi connectivity index (χ3v) is 7.57. The van der Waals surface area contributed by atoms with Gasteiger partial charge in [-0.15, -0.1) is 0 Å². The number of anilines is 1. The minimum absolute atomic E-state index is 0.0945. The zero-order valence-electron chi connectivity index (χ0n) is 21.2. The van der Waals surface area contributed by atoms with E-state index < -0.39 is 0 Å². The van der Waals surface area contributed by atoms with Gasteiger partial charge in [0.2, 0.25) is 0 Å². The SMILES string of the molecule is Cc1ccc(NC(=O)c2ccc3c(c2)CC[C@H]3N2CCN(C)CC2)cc1C#Cc1cnc2cnccn12. The van der Waals surface area contributed by atoms with Crippen LogP contribution in [0.25, 0.3) is 5.65 Å². The molecule has 0 bridgehead atoms. The van der Waals surface area contributed by atoms with Gasteiger partial charge in [-0.25, -0.2) is 4.98 Å². The summed E-state index contributed by atoms with van der Waals surface area (Å²) in [5.41, 5.74) is 7.59. The van der Waals surface area contributed by atoms with Crippen molar-refractivity contribution in [3.05, 3.63) is 94.7 Å². The van der Waals surface area contributed by atoms with E-state index in [1.807, 2.05) is 41.8 Å². The minimum Gasteiger partial charge on any atom is -0.322 e. The van der Waals surface area contributed by atoms with Crippen LogP contribution in [0.1, 0.15) is 50.8 Å². The summed E-state index contributed by atoms with van der Waals surface area (Å²) < 4.78 is 1.91. The summed E-state index contributed by atoms with van der Waals surface area (Å²) in [6, 6.07) is 12.5. The van der Waals surface area contributed by atoms with Crippen molar-refractivity contribution in [1.82, 2.24) is 24.2 Å². The number of fused-ring (bicyclic) bond motifs is 2. The van der Waals surface area contributed by atoms with Crippen LogP contribution >= 0.6 is 0 Å². The third kappa shape index (κ3) is 4.74. The van der Waals surface area contributed by atoms with Gasteiger partial charge in [0.15, 0.2) is 5.65 Å². The molecule has 1 aliphatic heterocycles. The Balaban J connectivity index is 1.18. The third-order valence-electron chi connectivity index (χ3n) is 7.57. The number of piperazine rings is 1. The molecule has 1 saturated heterocycles. The molecule has 7 nitrogen and oxygen atoms in total. The maximum Gasteiger partial charge on any atom is 0.255 e. The lowest BCUT2D eigenvalue weighted by atomic mass is 10.0. The molecule has 4 aromatic rings. The fraction of sp³-hybridized carbons (Fsp3) is 0.300. The highest BCUT2D eigenvalue weighted by atomic mass is 16.1. The molecule has 0 radical (unpaired) electrons. The van der Waals surface area contributed by atoms with Crippen LogP contribution in [0.4, 0.5) is 5.69 Å². The minimum atomic E-state index is -0.0945. The van der Waals surface area contributed by atoms with Gasteiger partial charge in [-0.2, -0.15) is 0 Å². The molecule has 0 unspecified atom stereocenters. The molecule has 6 rings (SSSR count). The quantitative estimate of drug-likeness (QED) is 0.441. The number of carbonyl (C=O) groups is 1. The van der Waals surface area contributed by atoms with Gasteiger partial charge in [0.05, 0.1) is 12.4 Å². The van der Waals surface area contributed by atoms with E-state index in [9.17, 15) is 4.79 Å². The van der Waals surface area contributed by atoms with Crippen molar-refractivity contribution in [3.63, 3.8) is 0 Å². The van der Waals surface area contributed by atoms with Crippen molar-refractivity contribution < 1.29 is 4.79 Å². The monoisotopic (exact) mass is 490 g/mol. The van der Waals surface area contributed by atoms with Crippen molar-refractivity contribution >= 4 is 17.2 Å². The van der Waals surface area contributed by atoms with Gasteiger partial charge in [0.25, 0.3) is 5.91 Å². The Bertz CT molecular complexity index is 1540. The summed E-state index contributed by atoms with van der Waals surface area (Å²) in [5.74, 6) is 6.35. The Morgan fingerprint density at radius 2 is 1.92 bits per heavy atom. The average molecular weight is 491 g/mol. The van der Waals surface area contributed by atoms with Gasteiger partial charge >= 0.3 is 0 Å².